The summed E-state index contributed by atoms with van der Waals surface area (Å²) in [4.78, 5) is 14.6. The van der Waals surface area contributed by atoms with Crippen molar-refractivity contribution in [2.45, 2.75) is 6.18 Å². The number of nitrogens with zero attached hydrogens (tertiary/aromatic N) is 11. The van der Waals surface area contributed by atoms with E-state index in [9.17, 15) is 26.3 Å². The van der Waals surface area contributed by atoms with Gasteiger partial charge in [0, 0.05) is 43.9 Å². The van der Waals surface area contributed by atoms with Crippen molar-refractivity contribution in [3.8, 4) is 97.4 Å². The van der Waals surface area contributed by atoms with E-state index in [2.05, 4.69) is 49.7 Å². The Hall–Kier alpha value is -13.0. The monoisotopic (exact) mass is 1080 g/mol. The number of fused-ring (bicyclic) bond motifs is 6. The lowest BCUT2D eigenvalue weighted by molar-refractivity contribution is -0.137. The lowest BCUT2D eigenvalue weighted by atomic mass is 9.97. The first kappa shape index (κ1) is 51.7. The molecule has 0 aliphatic carbocycles. The predicted octanol–water partition coefficient (Wildman–Crippen LogP) is 18.8. The first-order valence-electron chi connectivity index (χ1n) is 25.4. The number of nitriles is 5. The van der Waals surface area contributed by atoms with Crippen LogP contribution in [0.1, 0.15) is 33.4 Å². The minimum absolute atomic E-state index is 0.135. The van der Waals surface area contributed by atoms with Crippen LogP contribution in [-0.4, -0.2) is 9.13 Å². The summed E-state index contributed by atoms with van der Waals surface area (Å²) in [5, 5.41) is 52.3. The zero-order valence-corrected chi connectivity index (χ0v) is 43.4. The molecule has 0 unspecified atom stereocenters. The van der Waals surface area contributed by atoms with Gasteiger partial charge in [0.25, 0.3) is 0 Å². The van der Waals surface area contributed by atoms with Crippen LogP contribution < -0.4 is 0 Å². The molecule has 0 bridgehead atoms. The molecule has 0 saturated heterocycles. The second-order valence-corrected chi connectivity index (χ2v) is 19.6. The molecule has 0 amide bonds. The second kappa shape index (κ2) is 20.3. The summed E-state index contributed by atoms with van der Waals surface area (Å²) in [6.45, 7) is 31.6. The van der Waals surface area contributed by atoms with Crippen LogP contribution in [-0.2, 0) is 6.18 Å². The highest BCUT2D eigenvalue weighted by atomic mass is 19.4. The molecule has 84 heavy (non-hydrogen) atoms. The molecule has 2 aromatic heterocycles. The van der Waals surface area contributed by atoms with Crippen molar-refractivity contribution in [1.82, 2.24) is 9.13 Å². The van der Waals surface area contributed by atoms with Gasteiger partial charge in [-0.25, -0.2) is 19.4 Å². The summed E-state index contributed by atoms with van der Waals surface area (Å²) in [5.41, 5.74) is 9.66. The van der Waals surface area contributed by atoms with E-state index >= 15 is 13.2 Å². The van der Waals surface area contributed by atoms with Crippen molar-refractivity contribution in [3.63, 3.8) is 0 Å². The van der Waals surface area contributed by atoms with E-state index in [0.717, 1.165) is 12.1 Å². The Balaban J connectivity index is 1.16. The maximum Gasteiger partial charge on any atom is 0.416 e. The van der Waals surface area contributed by atoms with Crippen molar-refractivity contribution in [2.75, 3.05) is 0 Å². The molecular weight excluding hydrogens is 1050 g/mol. The number of aromatic nitrogens is 2. The molecule has 14 heteroatoms. The standard InChI is InChI=1S/C70H30F3N11/c1-79-54-10-11-58(69(34-54)84-66-14-5-45(49-19-40(35-74)17-41(20-49)36-75)28-61(66)62-29-46(6-15-67(62)84)50-21-42(37-76)18-43(22-50)38-77)63-32-53(70(71,72)73)9-16-68(63)83-64-12-7-47(51-23-44(39-78)24-55(25-51)80-2)30-59(64)60-31-48(8-13-65(60)83)52-26-56(81-3)33-57(27-52)82-4/h5-34H. The molecule has 0 radical (unpaired) electrons. The molecule has 10 aromatic carbocycles. The first-order chi connectivity index (χ1) is 40.8. The minimum Gasteiger partial charge on any atom is -0.310 e. The molecular formula is C70H30F3N11. The summed E-state index contributed by atoms with van der Waals surface area (Å²) < 4.78 is 49.8. The van der Waals surface area contributed by atoms with Gasteiger partial charge in [-0.05, 0) is 172 Å². The van der Waals surface area contributed by atoms with Crippen LogP contribution in [0, 0.1) is 82.9 Å². The molecule has 2 heterocycles. The van der Waals surface area contributed by atoms with Gasteiger partial charge in [0.1, 0.15) is 0 Å². The maximum atomic E-state index is 15.3. The lowest BCUT2D eigenvalue weighted by Crippen LogP contribution is -2.08. The Bertz CT molecular complexity index is 4930. The SMILES string of the molecule is [C-]#[N+]c1cc(C#N)cc(-c2ccc3c(c2)c2cc(-c4cc([N+]#[C-])cc([N+]#[C-])c4)ccc2n3-c2ccc(C(F)(F)F)cc2-c2ccc([N+]#[C-])cc2-n2c3ccc(-c4cc(C#N)cc(C#N)c4)cc3c3cc(-c4cc(C#N)cc(C#N)c4)ccc32)c1. The Labute approximate surface area is 477 Å². The third kappa shape index (κ3) is 8.93. The molecule has 0 spiro atoms. The third-order valence-electron chi connectivity index (χ3n) is 14.8. The van der Waals surface area contributed by atoms with Crippen molar-refractivity contribution in [3.05, 3.63) is 261 Å². The van der Waals surface area contributed by atoms with E-state index in [1.807, 2.05) is 81.9 Å². The average Bonchev–Trinajstić information content (AvgIpc) is 3.78. The first-order valence-corrected chi connectivity index (χ1v) is 25.4. The van der Waals surface area contributed by atoms with E-state index in [-0.39, 0.29) is 56.1 Å². The van der Waals surface area contributed by atoms with Gasteiger partial charge in [0.15, 0.2) is 22.7 Å². The number of hydrogen-bond donors (Lipinski definition) is 0. The van der Waals surface area contributed by atoms with E-state index in [1.165, 1.54) is 30.3 Å². The molecule has 0 fully saturated rings. The second-order valence-electron chi connectivity index (χ2n) is 19.6. The minimum atomic E-state index is -4.82. The van der Waals surface area contributed by atoms with Gasteiger partial charge in [-0.15, -0.1) is 0 Å². The summed E-state index contributed by atoms with van der Waals surface area (Å²) in [6, 6.07) is 60.6. The van der Waals surface area contributed by atoms with Crippen LogP contribution in [0.15, 0.2) is 182 Å². The van der Waals surface area contributed by atoms with Crippen molar-refractivity contribution in [2.24, 2.45) is 0 Å². The van der Waals surface area contributed by atoms with Crippen molar-refractivity contribution in [1.29, 1.82) is 26.3 Å². The normalized spacial score (nSPS) is 10.9. The number of rotatable bonds is 7. The summed E-state index contributed by atoms with van der Waals surface area (Å²) in [5.74, 6) is 0. The van der Waals surface area contributed by atoms with Gasteiger partial charge < -0.3 is 9.13 Å². The fraction of sp³-hybridized carbons (Fsp3) is 0.0143. The topological polar surface area (TPSA) is 146 Å². The van der Waals surface area contributed by atoms with Gasteiger partial charge in [-0.2, -0.15) is 39.5 Å². The number of halogens is 3. The van der Waals surface area contributed by atoms with Crippen molar-refractivity contribution >= 4 is 66.4 Å². The molecule has 386 valence electrons. The van der Waals surface area contributed by atoms with Crippen molar-refractivity contribution < 1.29 is 13.2 Å². The van der Waals surface area contributed by atoms with Gasteiger partial charge >= 0.3 is 6.18 Å². The fourth-order valence-corrected chi connectivity index (χ4v) is 11.1. The Morgan fingerprint density at radius 1 is 0.310 bits per heavy atom. The molecule has 12 aromatic rings. The smallest absolute Gasteiger partial charge is 0.310 e. The number of hydrogen-bond acceptors (Lipinski definition) is 5. The quantitative estimate of drug-likeness (QED) is 0.146. The van der Waals surface area contributed by atoms with E-state index < -0.39 is 11.7 Å². The number of benzene rings is 10. The molecule has 12 rings (SSSR count). The van der Waals surface area contributed by atoms with Gasteiger partial charge in [-0.1, -0.05) is 54.6 Å². The highest BCUT2D eigenvalue weighted by molar-refractivity contribution is 6.14. The maximum absolute atomic E-state index is 15.3. The van der Waals surface area contributed by atoms with E-state index in [0.29, 0.717) is 105 Å². The van der Waals surface area contributed by atoms with Crippen LogP contribution in [0.5, 0.6) is 0 Å². The van der Waals surface area contributed by atoms with Gasteiger partial charge in [0.05, 0.1) is 112 Å². The van der Waals surface area contributed by atoms with Crippen LogP contribution >= 0.6 is 0 Å². The molecule has 0 saturated carbocycles. The third-order valence-corrected chi connectivity index (χ3v) is 14.8. The zero-order chi connectivity index (χ0) is 58.6. The molecule has 0 N–H and O–H groups in total. The average molecular weight is 1080 g/mol. The Morgan fingerprint density at radius 3 is 1.05 bits per heavy atom. The summed E-state index contributed by atoms with van der Waals surface area (Å²) in [6.07, 6.45) is -4.82. The Kier molecular flexibility index (Phi) is 12.5. The van der Waals surface area contributed by atoms with Gasteiger partial charge in [0.2, 0.25) is 0 Å². The lowest BCUT2D eigenvalue weighted by Gasteiger charge is -2.21. The van der Waals surface area contributed by atoms with Crippen LogP contribution in [0.3, 0.4) is 0 Å². The van der Waals surface area contributed by atoms with Crippen LogP contribution in [0.4, 0.5) is 35.9 Å². The molecule has 11 nitrogen and oxygen atoms in total. The van der Waals surface area contributed by atoms with E-state index in [4.69, 9.17) is 26.3 Å². The van der Waals surface area contributed by atoms with Crippen LogP contribution in [0.2, 0.25) is 0 Å². The zero-order valence-electron chi connectivity index (χ0n) is 43.4. The molecule has 0 aliphatic heterocycles. The highest BCUT2D eigenvalue weighted by Crippen LogP contribution is 2.47. The van der Waals surface area contributed by atoms with Crippen LogP contribution in [0.25, 0.3) is 130 Å². The molecule has 0 atom stereocenters. The van der Waals surface area contributed by atoms with Gasteiger partial charge in [-0.3, -0.25) is 0 Å². The van der Waals surface area contributed by atoms with E-state index in [1.54, 1.807) is 66.7 Å². The molecule has 0 aliphatic rings. The number of alkyl halides is 3. The predicted molar refractivity (Wildman–Crippen MR) is 316 cm³/mol. The Morgan fingerprint density at radius 2 is 0.667 bits per heavy atom. The largest absolute Gasteiger partial charge is 0.416 e. The fourth-order valence-electron chi connectivity index (χ4n) is 11.1. The highest BCUT2D eigenvalue weighted by Gasteiger charge is 2.33. The summed E-state index contributed by atoms with van der Waals surface area (Å²) >= 11 is 0. The summed E-state index contributed by atoms with van der Waals surface area (Å²) in [7, 11) is 0.